The van der Waals surface area contributed by atoms with Gasteiger partial charge >= 0.3 is 0 Å². The fourth-order valence-corrected chi connectivity index (χ4v) is 6.47. The highest BCUT2D eigenvalue weighted by atomic mass is 32.2. The molecule has 1 aliphatic carbocycles. The fraction of sp³-hybridized carbons (Fsp3) is 0.367. The second-order valence-corrected chi connectivity index (χ2v) is 12.8. The van der Waals surface area contributed by atoms with Crippen molar-refractivity contribution in [3.63, 3.8) is 0 Å². The zero-order valence-corrected chi connectivity index (χ0v) is 25.0. The number of sulfonamides is 1. The summed E-state index contributed by atoms with van der Waals surface area (Å²) in [6.07, 6.45) is 7.92. The number of methoxy groups -OCH3 is 1. The van der Waals surface area contributed by atoms with Gasteiger partial charge in [-0.25, -0.2) is 27.8 Å². The van der Waals surface area contributed by atoms with E-state index in [1.54, 1.807) is 12.3 Å². The smallest absolute Gasteiger partial charge is 0.263 e. The molecular formula is C30H34FN7O4S. The zero-order valence-electron chi connectivity index (χ0n) is 24.2. The van der Waals surface area contributed by atoms with Crippen LogP contribution in [0.2, 0.25) is 0 Å². The number of halogens is 1. The van der Waals surface area contributed by atoms with E-state index in [4.69, 9.17) is 20.2 Å². The first-order chi connectivity index (χ1) is 20.6. The average Bonchev–Trinajstić information content (AvgIpc) is 3.39. The van der Waals surface area contributed by atoms with Crippen LogP contribution in [0, 0.1) is 5.82 Å². The van der Waals surface area contributed by atoms with Crippen LogP contribution in [0.1, 0.15) is 50.5 Å². The topological polar surface area (TPSA) is 146 Å². The Morgan fingerprint density at radius 3 is 2.56 bits per heavy atom. The molecule has 13 heteroatoms. The molecule has 0 amide bonds. The lowest BCUT2D eigenvalue weighted by atomic mass is 9.92. The number of hydrogen-bond donors (Lipinski definition) is 3. The number of fused-ring (bicyclic) bond motifs is 1. The van der Waals surface area contributed by atoms with Crippen molar-refractivity contribution in [3.8, 4) is 17.1 Å². The molecule has 1 aromatic carbocycles. The van der Waals surface area contributed by atoms with Crippen molar-refractivity contribution in [2.45, 2.75) is 56.0 Å². The number of aromatic nitrogens is 4. The van der Waals surface area contributed by atoms with Crippen LogP contribution in [0.25, 0.3) is 22.3 Å². The summed E-state index contributed by atoms with van der Waals surface area (Å²) in [5.74, 6) is 0.589. The van der Waals surface area contributed by atoms with Crippen molar-refractivity contribution in [3.05, 3.63) is 66.1 Å². The van der Waals surface area contributed by atoms with E-state index in [0.717, 1.165) is 55.8 Å². The molecule has 2 aliphatic rings. The maximum atomic E-state index is 15.4. The summed E-state index contributed by atoms with van der Waals surface area (Å²) in [4.78, 5) is 13.2. The number of benzene rings is 1. The van der Waals surface area contributed by atoms with Crippen LogP contribution in [0.4, 0.5) is 15.9 Å². The summed E-state index contributed by atoms with van der Waals surface area (Å²) >= 11 is 0. The standard InChI is InChI=1S/C30H34FN7O4S/c1-17(2)30-36-27(19-6-10-24(23(31)12-19)37-43(39,40)22-9-11-26(41-3)33-13-22)28-29(32)34-14-25(38(28)30)18-4-7-20(8-5-18)35-21-15-42-16-21/h4,6,9-14,17,20-21,35,37H,5,7-8,15-16H2,1-3H3,(H2,32,34). The minimum absolute atomic E-state index is 0.0352. The summed E-state index contributed by atoms with van der Waals surface area (Å²) < 4.78 is 55.8. The van der Waals surface area contributed by atoms with Gasteiger partial charge in [0.25, 0.3) is 10.0 Å². The molecule has 3 aromatic heterocycles. The summed E-state index contributed by atoms with van der Waals surface area (Å²) in [5, 5.41) is 3.66. The van der Waals surface area contributed by atoms with E-state index in [1.807, 2.05) is 18.2 Å². The third-order valence-corrected chi connectivity index (χ3v) is 9.14. The molecule has 4 heterocycles. The van der Waals surface area contributed by atoms with Gasteiger partial charge in [-0.05, 0) is 43.0 Å². The average molecular weight is 608 g/mol. The van der Waals surface area contributed by atoms with Crippen molar-refractivity contribution >= 4 is 32.6 Å². The van der Waals surface area contributed by atoms with Crippen LogP contribution < -0.4 is 20.5 Å². The molecule has 0 bridgehead atoms. The molecule has 226 valence electrons. The van der Waals surface area contributed by atoms with Gasteiger partial charge in [0.05, 0.1) is 50.1 Å². The van der Waals surface area contributed by atoms with Crippen LogP contribution in [0.3, 0.4) is 0 Å². The lowest BCUT2D eigenvalue weighted by molar-refractivity contribution is -0.0103. The Bertz CT molecular complexity index is 1800. The lowest BCUT2D eigenvalue weighted by Gasteiger charge is -2.33. The predicted molar refractivity (Wildman–Crippen MR) is 162 cm³/mol. The first kappa shape index (κ1) is 29.0. The highest BCUT2D eigenvalue weighted by Gasteiger charge is 2.27. The maximum absolute atomic E-state index is 15.4. The number of allylic oxidation sites excluding steroid dienone is 1. The molecule has 11 nitrogen and oxygen atoms in total. The number of imidazole rings is 1. The number of ether oxygens (including phenoxy) is 2. The zero-order chi connectivity index (χ0) is 30.3. The van der Waals surface area contributed by atoms with E-state index in [2.05, 4.69) is 26.1 Å². The SMILES string of the molecule is COc1ccc(S(=O)(=O)Nc2ccc(-c3nc(C(C)C)n4c(C5=CCC(NC6COC6)CC5)cnc(N)c34)cc2F)cn1. The van der Waals surface area contributed by atoms with E-state index in [1.165, 1.54) is 31.4 Å². The van der Waals surface area contributed by atoms with E-state index in [-0.39, 0.29) is 28.2 Å². The molecule has 0 saturated carbocycles. The van der Waals surface area contributed by atoms with Crippen LogP contribution in [-0.4, -0.2) is 60.2 Å². The van der Waals surface area contributed by atoms with E-state index < -0.39 is 15.8 Å². The van der Waals surface area contributed by atoms with E-state index in [0.29, 0.717) is 28.9 Å². The van der Waals surface area contributed by atoms with Crippen LogP contribution >= 0.6 is 0 Å². The molecule has 1 saturated heterocycles. The second-order valence-electron chi connectivity index (χ2n) is 11.1. The number of rotatable bonds is 9. The normalized spacial score (nSPS) is 17.6. The number of pyridine rings is 1. The van der Waals surface area contributed by atoms with Gasteiger partial charge < -0.3 is 20.5 Å². The Morgan fingerprint density at radius 2 is 1.95 bits per heavy atom. The van der Waals surface area contributed by atoms with Crippen LogP contribution in [-0.2, 0) is 14.8 Å². The van der Waals surface area contributed by atoms with Gasteiger partial charge in [0.15, 0.2) is 0 Å². The summed E-state index contributed by atoms with van der Waals surface area (Å²) in [6, 6.07) is 7.82. The molecule has 4 aromatic rings. The van der Waals surface area contributed by atoms with Crippen molar-refractivity contribution in [2.24, 2.45) is 0 Å². The van der Waals surface area contributed by atoms with Gasteiger partial charge in [0.1, 0.15) is 33.6 Å². The number of nitrogens with two attached hydrogens (primary N) is 1. The molecule has 43 heavy (non-hydrogen) atoms. The van der Waals surface area contributed by atoms with Gasteiger partial charge in [-0.2, -0.15) is 0 Å². The Hall–Kier alpha value is -4.07. The molecular weight excluding hydrogens is 573 g/mol. The molecule has 0 spiro atoms. The quantitative estimate of drug-likeness (QED) is 0.252. The molecule has 1 fully saturated rings. The fourth-order valence-electron chi connectivity index (χ4n) is 5.46. The minimum atomic E-state index is -4.09. The van der Waals surface area contributed by atoms with E-state index in [9.17, 15) is 8.42 Å². The molecule has 1 unspecified atom stereocenters. The summed E-state index contributed by atoms with van der Waals surface area (Å²) in [7, 11) is -2.66. The predicted octanol–water partition coefficient (Wildman–Crippen LogP) is 4.37. The Labute approximate surface area is 249 Å². The highest BCUT2D eigenvalue weighted by molar-refractivity contribution is 7.92. The highest BCUT2D eigenvalue weighted by Crippen LogP contribution is 2.36. The van der Waals surface area contributed by atoms with Crippen LogP contribution in [0.5, 0.6) is 5.88 Å². The third-order valence-electron chi connectivity index (χ3n) is 7.79. The third kappa shape index (κ3) is 5.67. The van der Waals surface area contributed by atoms with Crippen molar-refractivity contribution < 1.29 is 22.3 Å². The Morgan fingerprint density at radius 1 is 1.14 bits per heavy atom. The lowest BCUT2D eigenvalue weighted by Crippen LogP contribution is -2.50. The van der Waals surface area contributed by atoms with Crippen LogP contribution in [0.15, 0.2) is 53.7 Å². The van der Waals surface area contributed by atoms with Gasteiger partial charge in [0.2, 0.25) is 5.88 Å². The maximum Gasteiger partial charge on any atom is 0.263 e. The number of nitrogen functional groups attached to an aromatic ring is 1. The molecule has 6 rings (SSSR count). The molecule has 1 aliphatic heterocycles. The minimum Gasteiger partial charge on any atom is -0.481 e. The van der Waals surface area contributed by atoms with Crippen molar-refractivity contribution in [1.82, 2.24) is 24.7 Å². The molecule has 0 radical (unpaired) electrons. The molecule has 1 atom stereocenters. The Balaban J connectivity index is 1.34. The Kier molecular flexibility index (Phi) is 7.79. The number of nitrogens with zero attached hydrogens (tertiary/aromatic N) is 4. The first-order valence-electron chi connectivity index (χ1n) is 14.2. The molecule has 4 N–H and O–H groups in total. The van der Waals surface area contributed by atoms with Crippen molar-refractivity contribution in [1.29, 1.82) is 0 Å². The largest absolute Gasteiger partial charge is 0.481 e. The van der Waals surface area contributed by atoms with E-state index >= 15 is 4.39 Å². The van der Waals surface area contributed by atoms with Gasteiger partial charge in [-0.15, -0.1) is 0 Å². The van der Waals surface area contributed by atoms with Gasteiger partial charge in [-0.3, -0.25) is 9.12 Å². The summed E-state index contributed by atoms with van der Waals surface area (Å²) in [6.45, 7) is 5.61. The number of nitrogens with one attached hydrogen (secondary N) is 2. The monoisotopic (exact) mass is 607 g/mol. The number of anilines is 2. The van der Waals surface area contributed by atoms with Gasteiger partial charge in [-0.1, -0.05) is 26.0 Å². The summed E-state index contributed by atoms with van der Waals surface area (Å²) in [5.41, 5.74) is 9.81. The van der Waals surface area contributed by atoms with Gasteiger partial charge in [0, 0.05) is 23.6 Å². The number of hydrogen-bond acceptors (Lipinski definition) is 9. The second kappa shape index (κ2) is 11.5. The first-order valence-corrected chi connectivity index (χ1v) is 15.7. The van der Waals surface area contributed by atoms with Crippen molar-refractivity contribution in [2.75, 3.05) is 30.8 Å².